The summed E-state index contributed by atoms with van der Waals surface area (Å²) in [6.07, 6.45) is 0. The molecule has 0 spiro atoms. The lowest BCUT2D eigenvalue weighted by Gasteiger charge is -2.01. The molecule has 1 aromatic heterocycles. The van der Waals surface area contributed by atoms with E-state index < -0.39 is 10.8 Å². The van der Waals surface area contributed by atoms with E-state index in [2.05, 4.69) is 5.16 Å². The van der Waals surface area contributed by atoms with Crippen molar-refractivity contribution in [3.8, 4) is 0 Å². The first kappa shape index (κ1) is 12.0. The van der Waals surface area contributed by atoms with Crippen LogP contribution in [0.25, 0.3) is 0 Å². The molecule has 5 heteroatoms. The standard InChI is InChI=1S/C12H12FNO2S/c1-8-12(9(2)16-14-8)7-17(15)11-5-3-10(13)4-6-11/h3-6H,7H2,1-2H3. The molecule has 0 aliphatic carbocycles. The Morgan fingerprint density at radius 1 is 1.29 bits per heavy atom. The lowest BCUT2D eigenvalue weighted by molar-refractivity contribution is 0.392. The Labute approximate surface area is 101 Å². The van der Waals surface area contributed by atoms with Gasteiger partial charge in [0.1, 0.15) is 11.6 Å². The molecule has 0 amide bonds. The molecule has 0 N–H and O–H groups in total. The zero-order valence-electron chi connectivity index (χ0n) is 9.57. The van der Waals surface area contributed by atoms with Crippen LogP contribution in [-0.4, -0.2) is 9.37 Å². The summed E-state index contributed by atoms with van der Waals surface area (Å²) in [5.41, 5.74) is 1.60. The minimum atomic E-state index is -1.21. The summed E-state index contributed by atoms with van der Waals surface area (Å²) in [5, 5.41) is 3.81. The monoisotopic (exact) mass is 253 g/mol. The van der Waals surface area contributed by atoms with Crippen molar-refractivity contribution in [2.75, 3.05) is 0 Å². The zero-order chi connectivity index (χ0) is 12.4. The third-order valence-corrected chi connectivity index (χ3v) is 3.88. The molecule has 0 bridgehead atoms. The van der Waals surface area contributed by atoms with Crippen LogP contribution in [0.15, 0.2) is 33.7 Å². The Morgan fingerprint density at radius 3 is 2.47 bits per heavy atom. The van der Waals surface area contributed by atoms with Gasteiger partial charge in [-0.25, -0.2) is 4.39 Å². The lowest BCUT2D eigenvalue weighted by atomic mass is 10.2. The molecule has 0 saturated heterocycles. The highest BCUT2D eigenvalue weighted by molar-refractivity contribution is 7.84. The van der Waals surface area contributed by atoms with Crippen LogP contribution < -0.4 is 0 Å². The number of rotatable bonds is 3. The van der Waals surface area contributed by atoms with Crippen LogP contribution in [0.3, 0.4) is 0 Å². The largest absolute Gasteiger partial charge is 0.361 e. The van der Waals surface area contributed by atoms with Gasteiger partial charge >= 0.3 is 0 Å². The first-order valence-corrected chi connectivity index (χ1v) is 6.45. The molecule has 1 unspecified atom stereocenters. The molecule has 2 rings (SSSR count). The van der Waals surface area contributed by atoms with Crippen molar-refractivity contribution in [1.82, 2.24) is 5.16 Å². The van der Waals surface area contributed by atoms with E-state index in [0.29, 0.717) is 16.4 Å². The summed E-state index contributed by atoms with van der Waals surface area (Å²) >= 11 is 0. The highest BCUT2D eigenvalue weighted by Crippen LogP contribution is 2.18. The Morgan fingerprint density at radius 2 is 1.94 bits per heavy atom. The Kier molecular flexibility index (Phi) is 3.38. The first-order chi connectivity index (χ1) is 8.08. The molecule has 1 aromatic carbocycles. The van der Waals surface area contributed by atoms with Crippen LogP contribution in [-0.2, 0) is 16.6 Å². The van der Waals surface area contributed by atoms with Crippen LogP contribution in [0.4, 0.5) is 4.39 Å². The normalized spacial score (nSPS) is 12.6. The van der Waals surface area contributed by atoms with Crippen molar-refractivity contribution in [2.24, 2.45) is 0 Å². The molecule has 2 aromatic rings. The van der Waals surface area contributed by atoms with Gasteiger partial charge in [-0.05, 0) is 38.1 Å². The van der Waals surface area contributed by atoms with Crippen LogP contribution in [0, 0.1) is 19.7 Å². The molecule has 0 radical (unpaired) electrons. The highest BCUT2D eigenvalue weighted by atomic mass is 32.2. The predicted molar refractivity (Wildman–Crippen MR) is 62.5 cm³/mol. The fourth-order valence-corrected chi connectivity index (χ4v) is 2.79. The molecule has 90 valence electrons. The number of nitrogens with zero attached hydrogens (tertiary/aromatic N) is 1. The molecule has 0 aliphatic rings. The van der Waals surface area contributed by atoms with Crippen molar-refractivity contribution >= 4 is 10.8 Å². The van der Waals surface area contributed by atoms with E-state index in [1.165, 1.54) is 24.3 Å². The van der Waals surface area contributed by atoms with Crippen molar-refractivity contribution in [2.45, 2.75) is 24.5 Å². The van der Waals surface area contributed by atoms with Crippen molar-refractivity contribution in [1.29, 1.82) is 0 Å². The number of aromatic nitrogens is 1. The van der Waals surface area contributed by atoms with Gasteiger partial charge < -0.3 is 4.52 Å². The summed E-state index contributed by atoms with van der Waals surface area (Å²) in [4.78, 5) is 0.603. The number of hydrogen-bond donors (Lipinski definition) is 0. The first-order valence-electron chi connectivity index (χ1n) is 5.13. The summed E-state index contributed by atoms with van der Waals surface area (Å²) in [6, 6.07) is 5.67. The second kappa shape index (κ2) is 4.79. The number of benzene rings is 1. The van der Waals surface area contributed by atoms with Crippen LogP contribution >= 0.6 is 0 Å². The third-order valence-electron chi connectivity index (χ3n) is 2.53. The minimum Gasteiger partial charge on any atom is -0.361 e. The average Bonchev–Trinajstić information content (AvgIpc) is 2.61. The molecule has 0 aliphatic heterocycles. The third kappa shape index (κ3) is 2.61. The van der Waals surface area contributed by atoms with Gasteiger partial charge in [0, 0.05) is 10.5 Å². The molecular weight excluding hydrogens is 241 g/mol. The fourth-order valence-electron chi connectivity index (χ4n) is 1.51. The second-order valence-electron chi connectivity index (χ2n) is 3.75. The summed E-state index contributed by atoms with van der Waals surface area (Å²) in [6.45, 7) is 3.60. The van der Waals surface area contributed by atoms with E-state index in [0.717, 1.165) is 11.3 Å². The van der Waals surface area contributed by atoms with Gasteiger partial charge in [-0.15, -0.1) is 0 Å². The molecular formula is C12H12FNO2S. The van der Waals surface area contributed by atoms with E-state index in [1.807, 2.05) is 6.92 Å². The van der Waals surface area contributed by atoms with Crippen LogP contribution in [0.2, 0.25) is 0 Å². The molecule has 1 atom stereocenters. The van der Waals surface area contributed by atoms with Gasteiger partial charge in [0.05, 0.1) is 22.2 Å². The van der Waals surface area contributed by atoms with Crippen molar-refractivity contribution in [3.05, 3.63) is 47.1 Å². The minimum absolute atomic E-state index is 0.330. The van der Waals surface area contributed by atoms with Crippen LogP contribution in [0.1, 0.15) is 17.0 Å². The fraction of sp³-hybridized carbons (Fsp3) is 0.250. The Balaban J connectivity index is 2.20. The van der Waals surface area contributed by atoms with Gasteiger partial charge in [-0.3, -0.25) is 4.21 Å². The number of hydrogen-bond acceptors (Lipinski definition) is 3. The molecule has 1 heterocycles. The van der Waals surface area contributed by atoms with E-state index in [-0.39, 0.29) is 5.82 Å². The number of aryl methyl sites for hydroxylation is 2. The summed E-state index contributed by atoms with van der Waals surface area (Å²) in [5.74, 6) is 0.688. The zero-order valence-corrected chi connectivity index (χ0v) is 10.4. The van der Waals surface area contributed by atoms with E-state index in [9.17, 15) is 8.60 Å². The van der Waals surface area contributed by atoms with Gasteiger partial charge in [-0.2, -0.15) is 0 Å². The van der Waals surface area contributed by atoms with Gasteiger partial charge in [0.2, 0.25) is 0 Å². The quantitative estimate of drug-likeness (QED) is 0.844. The maximum Gasteiger partial charge on any atom is 0.138 e. The average molecular weight is 253 g/mol. The smallest absolute Gasteiger partial charge is 0.138 e. The maximum absolute atomic E-state index is 12.7. The number of halogens is 1. The van der Waals surface area contributed by atoms with Gasteiger partial charge in [-0.1, -0.05) is 5.16 Å². The molecule has 3 nitrogen and oxygen atoms in total. The molecule has 17 heavy (non-hydrogen) atoms. The Bertz CT molecular complexity index is 529. The van der Waals surface area contributed by atoms with Crippen molar-refractivity contribution < 1.29 is 13.1 Å². The lowest BCUT2D eigenvalue weighted by Crippen LogP contribution is -1.98. The summed E-state index contributed by atoms with van der Waals surface area (Å²) in [7, 11) is -1.21. The highest BCUT2D eigenvalue weighted by Gasteiger charge is 2.13. The second-order valence-corrected chi connectivity index (χ2v) is 5.20. The summed E-state index contributed by atoms with van der Waals surface area (Å²) < 4.78 is 29.8. The van der Waals surface area contributed by atoms with E-state index in [4.69, 9.17) is 4.52 Å². The van der Waals surface area contributed by atoms with Crippen molar-refractivity contribution in [3.63, 3.8) is 0 Å². The predicted octanol–water partition coefficient (Wildman–Crippen LogP) is 2.74. The maximum atomic E-state index is 12.7. The topological polar surface area (TPSA) is 43.1 Å². The molecule has 0 fully saturated rings. The van der Waals surface area contributed by atoms with E-state index >= 15 is 0 Å². The molecule has 0 saturated carbocycles. The Hall–Kier alpha value is -1.49. The van der Waals surface area contributed by atoms with Gasteiger partial charge in [0.15, 0.2) is 0 Å². The van der Waals surface area contributed by atoms with Gasteiger partial charge in [0.25, 0.3) is 0 Å². The SMILES string of the molecule is Cc1noc(C)c1CS(=O)c1ccc(F)cc1. The van der Waals surface area contributed by atoms with E-state index in [1.54, 1.807) is 6.92 Å². The van der Waals surface area contributed by atoms with Crippen LogP contribution in [0.5, 0.6) is 0 Å².